The van der Waals surface area contributed by atoms with Crippen molar-refractivity contribution in [1.29, 1.82) is 0 Å². The normalized spacial score (nSPS) is 13.2. The van der Waals surface area contributed by atoms with E-state index < -0.39 is 0 Å². The van der Waals surface area contributed by atoms with Gasteiger partial charge in [-0.25, -0.2) is 0 Å². The van der Waals surface area contributed by atoms with Crippen LogP contribution in [0.1, 0.15) is 38.3 Å². The molecule has 1 aromatic rings. The van der Waals surface area contributed by atoms with Gasteiger partial charge < -0.3 is 15.7 Å². The summed E-state index contributed by atoms with van der Waals surface area (Å²) in [5, 5.41) is 10.0. The van der Waals surface area contributed by atoms with Crippen LogP contribution in [0.15, 0.2) is 18.2 Å². The monoisotopic (exact) mass is 318 g/mol. The lowest BCUT2D eigenvalue weighted by Crippen LogP contribution is -2.34. The Morgan fingerprint density at radius 1 is 1.25 bits per heavy atom. The molecule has 114 valence electrons. The smallest absolute Gasteiger partial charge is 0.0640 e. The predicted molar refractivity (Wildman–Crippen MR) is 86.4 cm³/mol. The Hall–Kier alpha value is -0.320. The maximum absolute atomic E-state index is 8.94. The third-order valence-corrected chi connectivity index (χ3v) is 4.28. The lowest BCUT2D eigenvalue weighted by atomic mass is 10.0. The molecule has 0 heterocycles. The first-order valence-electron chi connectivity index (χ1n) is 7.01. The number of aliphatic hydroxyl groups excluding tert-OH is 1. The molecule has 0 aliphatic heterocycles. The molecule has 1 unspecified atom stereocenters. The van der Waals surface area contributed by atoms with Gasteiger partial charge in [0.1, 0.15) is 0 Å². The van der Waals surface area contributed by atoms with Crippen LogP contribution in [0, 0.1) is 0 Å². The summed E-state index contributed by atoms with van der Waals surface area (Å²) >= 11 is 12.2. The van der Waals surface area contributed by atoms with E-state index in [1.54, 1.807) is 6.07 Å². The van der Waals surface area contributed by atoms with Gasteiger partial charge in [0.2, 0.25) is 0 Å². The van der Waals surface area contributed by atoms with E-state index in [9.17, 15) is 0 Å². The number of aliphatic hydroxyl groups is 1. The highest BCUT2D eigenvalue weighted by atomic mass is 35.5. The third-order valence-electron chi connectivity index (χ3n) is 3.44. The summed E-state index contributed by atoms with van der Waals surface area (Å²) in [6.45, 7) is 6.27. The van der Waals surface area contributed by atoms with Crippen molar-refractivity contribution in [3.8, 4) is 0 Å². The van der Waals surface area contributed by atoms with E-state index in [0.717, 1.165) is 31.5 Å². The number of nitrogens with zero attached hydrogens (tertiary/aromatic N) is 1. The summed E-state index contributed by atoms with van der Waals surface area (Å²) in [7, 11) is 0. The Labute approximate surface area is 131 Å². The molecule has 3 nitrogen and oxygen atoms in total. The van der Waals surface area contributed by atoms with Gasteiger partial charge >= 0.3 is 0 Å². The van der Waals surface area contributed by atoms with Crippen LogP contribution in [0.3, 0.4) is 0 Å². The second kappa shape index (κ2) is 8.85. The highest BCUT2D eigenvalue weighted by Gasteiger charge is 2.15. The van der Waals surface area contributed by atoms with Crippen LogP contribution in [-0.2, 0) is 0 Å². The number of nitrogens with two attached hydrogens (primary N) is 1. The number of rotatable bonds is 8. The molecule has 20 heavy (non-hydrogen) atoms. The standard InChI is InChI=1S/C15H24Cl2N2O/c1-11(2)19(8-4-10-20)9-7-14(18)12-5-3-6-13(16)15(12)17/h3,5-6,11,14,20H,4,7-10,18H2,1-2H3. The zero-order chi connectivity index (χ0) is 15.1. The van der Waals surface area contributed by atoms with Crippen molar-refractivity contribution in [3.63, 3.8) is 0 Å². The molecular formula is C15H24Cl2N2O. The molecule has 5 heteroatoms. The lowest BCUT2D eigenvalue weighted by molar-refractivity contribution is 0.186. The Balaban J connectivity index is 2.60. The Morgan fingerprint density at radius 3 is 2.55 bits per heavy atom. The molecule has 0 radical (unpaired) electrons. The summed E-state index contributed by atoms with van der Waals surface area (Å²) in [5.41, 5.74) is 7.12. The van der Waals surface area contributed by atoms with Crippen LogP contribution in [0.5, 0.6) is 0 Å². The highest BCUT2D eigenvalue weighted by molar-refractivity contribution is 6.42. The summed E-state index contributed by atoms with van der Waals surface area (Å²) in [4.78, 5) is 2.31. The number of halogens is 2. The van der Waals surface area contributed by atoms with Crippen molar-refractivity contribution < 1.29 is 5.11 Å². The van der Waals surface area contributed by atoms with E-state index >= 15 is 0 Å². The first-order chi connectivity index (χ1) is 9.47. The van der Waals surface area contributed by atoms with E-state index in [4.69, 9.17) is 34.0 Å². The van der Waals surface area contributed by atoms with Crippen LogP contribution < -0.4 is 5.73 Å². The van der Waals surface area contributed by atoms with Crippen LogP contribution >= 0.6 is 23.2 Å². The summed E-state index contributed by atoms with van der Waals surface area (Å²) in [6, 6.07) is 5.86. The summed E-state index contributed by atoms with van der Waals surface area (Å²) < 4.78 is 0. The van der Waals surface area contributed by atoms with Gasteiger partial charge in [0.15, 0.2) is 0 Å². The lowest BCUT2D eigenvalue weighted by Gasteiger charge is -2.27. The molecule has 0 fully saturated rings. The second-order valence-electron chi connectivity index (χ2n) is 5.25. The fourth-order valence-electron chi connectivity index (χ4n) is 2.17. The van der Waals surface area contributed by atoms with Crippen LogP contribution in [0.2, 0.25) is 10.0 Å². The van der Waals surface area contributed by atoms with Crippen LogP contribution in [-0.4, -0.2) is 35.7 Å². The molecule has 1 aromatic carbocycles. The van der Waals surface area contributed by atoms with Crippen molar-refractivity contribution in [2.45, 2.75) is 38.8 Å². The Kier molecular flexibility index (Phi) is 7.85. The van der Waals surface area contributed by atoms with Crippen molar-refractivity contribution in [3.05, 3.63) is 33.8 Å². The second-order valence-corrected chi connectivity index (χ2v) is 6.03. The van der Waals surface area contributed by atoms with Crippen molar-refractivity contribution in [2.75, 3.05) is 19.7 Å². The average Bonchev–Trinajstić information content (AvgIpc) is 2.41. The fourth-order valence-corrected chi connectivity index (χ4v) is 2.62. The first kappa shape index (κ1) is 17.7. The quantitative estimate of drug-likeness (QED) is 0.771. The molecule has 0 bridgehead atoms. The number of hydrogen-bond donors (Lipinski definition) is 2. The van der Waals surface area contributed by atoms with Gasteiger partial charge in [0.25, 0.3) is 0 Å². The van der Waals surface area contributed by atoms with Gasteiger partial charge in [-0.3, -0.25) is 0 Å². The molecule has 1 atom stereocenters. The minimum absolute atomic E-state index is 0.128. The zero-order valence-electron chi connectivity index (χ0n) is 12.1. The van der Waals surface area contributed by atoms with E-state index in [-0.39, 0.29) is 12.6 Å². The molecule has 0 aliphatic rings. The molecule has 0 spiro atoms. The van der Waals surface area contributed by atoms with Gasteiger partial charge in [-0.2, -0.15) is 0 Å². The largest absolute Gasteiger partial charge is 0.396 e. The van der Waals surface area contributed by atoms with Gasteiger partial charge in [-0.1, -0.05) is 35.3 Å². The molecule has 0 saturated carbocycles. The first-order valence-corrected chi connectivity index (χ1v) is 7.77. The van der Waals surface area contributed by atoms with Gasteiger partial charge in [-0.05, 0) is 38.3 Å². The minimum Gasteiger partial charge on any atom is -0.396 e. The zero-order valence-corrected chi connectivity index (χ0v) is 13.7. The molecule has 0 aromatic heterocycles. The molecule has 0 aliphatic carbocycles. The van der Waals surface area contributed by atoms with E-state index in [1.165, 1.54) is 0 Å². The summed E-state index contributed by atoms with van der Waals surface area (Å²) in [6.07, 6.45) is 1.59. The molecule has 1 rings (SSSR count). The topological polar surface area (TPSA) is 49.5 Å². The van der Waals surface area contributed by atoms with E-state index in [0.29, 0.717) is 16.1 Å². The molecule has 0 saturated heterocycles. The third kappa shape index (κ3) is 5.23. The molecule has 3 N–H and O–H groups in total. The van der Waals surface area contributed by atoms with Crippen LogP contribution in [0.4, 0.5) is 0 Å². The van der Waals surface area contributed by atoms with Gasteiger partial charge in [0.05, 0.1) is 10.0 Å². The molecular weight excluding hydrogens is 295 g/mol. The van der Waals surface area contributed by atoms with E-state index in [2.05, 4.69) is 18.7 Å². The molecule has 0 amide bonds. The van der Waals surface area contributed by atoms with Crippen molar-refractivity contribution >= 4 is 23.2 Å². The fraction of sp³-hybridized carbons (Fsp3) is 0.600. The highest BCUT2D eigenvalue weighted by Crippen LogP contribution is 2.30. The van der Waals surface area contributed by atoms with Crippen molar-refractivity contribution in [1.82, 2.24) is 4.90 Å². The maximum atomic E-state index is 8.94. The summed E-state index contributed by atoms with van der Waals surface area (Å²) in [5.74, 6) is 0. The number of hydrogen-bond acceptors (Lipinski definition) is 3. The SMILES string of the molecule is CC(C)N(CCCO)CCC(N)c1cccc(Cl)c1Cl. The number of benzene rings is 1. The van der Waals surface area contributed by atoms with Gasteiger partial charge in [0, 0.05) is 31.8 Å². The van der Waals surface area contributed by atoms with E-state index in [1.807, 2.05) is 12.1 Å². The van der Waals surface area contributed by atoms with Crippen LogP contribution in [0.25, 0.3) is 0 Å². The maximum Gasteiger partial charge on any atom is 0.0640 e. The van der Waals surface area contributed by atoms with Crippen molar-refractivity contribution in [2.24, 2.45) is 5.73 Å². The Bertz CT molecular complexity index is 413. The average molecular weight is 319 g/mol. The minimum atomic E-state index is -0.128. The Morgan fingerprint density at radius 2 is 1.95 bits per heavy atom. The predicted octanol–water partition coefficient (Wildman–Crippen LogP) is 3.48. The van der Waals surface area contributed by atoms with Gasteiger partial charge in [-0.15, -0.1) is 0 Å².